The van der Waals surface area contributed by atoms with Crippen LogP contribution in [0, 0.1) is 29.1 Å². The van der Waals surface area contributed by atoms with Gasteiger partial charge in [-0.3, -0.25) is 18.2 Å². The molecule has 5 nitrogen and oxygen atoms in total. The molecule has 1 aromatic carbocycles. The van der Waals surface area contributed by atoms with E-state index in [1.807, 2.05) is 0 Å². The molecule has 2 N–H and O–H groups in total. The van der Waals surface area contributed by atoms with Crippen molar-refractivity contribution in [3.05, 3.63) is 29.3 Å². The zero-order valence-corrected chi connectivity index (χ0v) is 13.7. The van der Waals surface area contributed by atoms with Crippen molar-refractivity contribution in [3.63, 3.8) is 0 Å². The van der Waals surface area contributed by atoms with E-state index in [9.17, 15) is 27.1 Å². The molecule has 2 aliphatic carbocycles. The molecule has 1 aromatic rings. The minimum absolute atomic E-state index is 0.0175. The first kappa shape index (κ1) is 16.7. The summed E-state index contributed by atoms with van der Waals surface area (Å²) in [6, 6.07) is 4.64. The number of nitrogens with zero attached hydrogens (tertiary/aromatic N) is 2. The van der Waals surface area contributed by atoms with Gasteiger partial charge in [-0.15, -0.1) is 10.8 Å². The van der Waals surface area contributed by atoms with Crippen molar-refractivity contribution in [1.29, 1.82) is 5.26 Å². The Hall–Kier alpha value is -1.76. The molecule has 2 saturated carbocycles. The van der Waals surface area contributed by atoms with Crippen molar-refractivity contribution in [2.75, 3.05) is 10.8 Å². The fourth-order valence-corrected chi connectivity index (χ4v) is 7.19. The van der Waals surface area contributed by atoms with Gasteiger partial charge < -0.3 is 0 Å². The summed E-state index contributed by atoms with van der Waals surface area (Å²) in [5, 5.41) is 8.28. The standard InChI is InChI=1S/C16H15F3N2O3S/c17-16(18,19)13-5-10(2-1-8(13)6-20)21-7-12-9-3-11(14(22)4-9)15(12)25(21,23)24/h1-2,5,9,11-12,15,23-24H,3-4,7H2/t9-,11+,12+,15-/m0/s1. The topological polar surface area (TPSA) is 84.6 Å². The highest BCUT2D eigenvalue weighted by atomic mass is 32.3. The molecule has 4 atom stereocenters. The Kier molecular flexibility index (Phi) is 3.42. The largest absolute Gasteiger partial charge is 0.417 e. The lowest BCUT2D eigenvalue weighted by atomic mass is 9.87. The van der Waals surface area contributed by atoms with Crippen molar-refractivity contribution >= 4 is 22.2 Å². The lowest BCUT2D eigenvalue weighted by molar-refractivity contribution is -0.137. The molecule has 3 fully saturated rings. The number of hydrogen-bond acceptors (Lipinski definition) is 5. The van der Waals surface area contributed by atoms with Crippen molar-refractivity contribution in [1.82, 2.24) is 0 Å². The summed E-state index contributed by atoms with van der Waals surface area (Å²) in [6.07, 6.45) is -3.66. The van der Waals surface area contributed by atoms with Gasteiger partial charge in [0.1, 0.15) is 5.78 Å². The number of carbonyl (C=O) groups is 1. The second kappa shape index (κ2) is 5.13. The number of halogens is 3. The Labute approximate surface area is 143 Å². The first-order chi connectivity index (χ1) is 11.6. The molecule has 1 aliphatic heterocycles. The zero-order valence-electron chi connectivity index (χ0n) is 12.9. The van der Waals surface area contributed by atoms with Crippen LogP contribution in [0.15, 0.2) is 18.2 Å². The quantitative estimate of drug-likeness (QED) is 0.786. The van der Waals surface area contributed by atoms with Crippen LogP contribution in [0.4, 0.5) is 18.9 Å². The Balaban J connectivity index is 1.74. The van der Waals surface area contributed by atoms with Gasteiger partial charge >= 0.3 is 6.18 Å². The third kappa shape index (κ3) is 2.28. The number of ketones is 1. The molecule has 134 valence electrons. The molecule has 1 heterocycles. The van der Waals surface area contributed by atoms with Gasteiger partial charge in [0.2, 0.25) is 0 Å². The molecule has 0 unspecified atom stereocenters. The van der Waals surface area contributed by atoms with Crippen LogP contribution in [-0.2, 0) is 11.0 Å². The molecular formula is C16H15F3N2O3S. The minimum atomic E-state index is -4.71. The number of fused-ring (bicyclic) bond motifs is 5. The molecule has 9 heteroatoms. The summed E-state index contributed by atoms with van der Waals surface area (Å²) < 4.78 is 62.1. The molecule has 0 amide bonds. The predicted molar refractivity (Wildman–Crippen MR) is 84.9 cm³/mol. The van der Waals surface area contributed by atoms with E-state index < -0.39 is 39.2 Å². The van der Waals surface area contributed by atoms with Gasteiger partial charge in [0.15, 0.2) is 0 Å². The number of alkyl halides is 3. The van der Waals surface area contributed by atoms with Crippen LogP contribution in [0.1, 0.15) is 24.0 Å². The summed E-state index contributed by atoms with van der Waals surface area (Å²) in [4.78, 5) is 12.0. The normalized spacial score (nSPS) is 34.1. The number of Topliss-reactive ketones (excluding diaryl/α,β-unsaturated/α-hetero) is 1. The number of anilines is 1. The van der Waals surface area contributed by atoms with Crippen LogP contribution >= 0.6 is 10.8 Å². The number of hydrogen-bond donors (Lipinski definition) is 2. The van der Waals surface area contributed by atoms with E-state index >= 15 is 0 Å². The second-order valence-electron chi connectivity index (χ2n) is 6.86. The number of rotatable bonds is 1. The summed E-state index contributed by atoms with van der Waals surface area (Å²) in [5.41, 5.74) is -1.59. The number of nitriles is 1. The molecule has 25 heavy (non-hydrogen) atoms. The van der Waals surface area contributed by atoms with Crippen LogP contribution in [0.25, 0.3) is 0 Å². The highest BCUT2D eigenvalue weighted by Gasteiger charge is 2.62. The SMILES string of the molecule is N#Cc1ccc(N2C[C@@H]3[C@@H]4CC(=O)[C@@H](C4)[C@@H]3S2(O)O)cc1C(F)(F)F. The molecule has 3 aliphatic rings. The summed E-state index contributed by atoms with van der Waals surface area (Å²) in [7, 11) is -3.40. The molecule has 0 aromatic heterocycles. The fourth-order valence-electron chi connectivity index (χ4n) is 4.60. The van der Waals surface area contributed by atoms with E-state index in [0.29, 0.717) is 12.8 Å². The minimum Gasteiger partial charge on any atom is -0.299 e. The van der Waals surface area contributed by atoms with Gasteiger partial charge in [-0.2, -0.15) is 18.4 Å². The summed E-state index contributed by atoms with van der Waals surface area (Å²) in [6.45, 7) is 0.213. The molecule has 0 radical (unpaired) electrons. The van der Waals surface area contributed by atoms with E-state index in [1.165, 1.54) is 16.4 Å². The van der Waals surface area contributed by atoms with Gasteiger partial charge in [0.05, 0.1) is 28.1 Å². The number of carbonyl (C=O) groups excluding carboxylic acids is 1. The highest BCUT2D eigenvalue weighted by Crippen LogP contribution is 2.68. The maximum atomic E-state index is 13.2. The van der Waals surface area contributed by atoms with Crippen molar-refractivity contribution in [2.24, 2.45) is 17.8 Å². The smallest absolute Gasteiger partial charge is 0.299 e. The molecule has 0 spiro atoms. The monoisotopic (exact) mass is 372 g/mol. The molecular weight excluding hydrogens is 357 g/mol. The van der Waals surface area contributed by atoms with Crippen molar-refractivity contribution < 1.29 is 27.1 Å². The van der Waals surface area contributed by atoms with Crippen LogP contribution in [-0.4, -0.2) is 26.7 Å². The Morgan fingerprint density at radius 3 is 2.68 bits per heavy atom. The van der Waals surface area contributed by atoms with E-state index in [-0.39, 0.29) is 29.9 Å². The predicted octanol–water partition coefficient (Wildman–Crippen LogP) is 3.66. The van der Waals surface area contributed by atoms with Gasteiger partial charge in [0.25, 0.3) is 0 Å². The lowest BCUT2D eigenvalue weighted by Gasteiger charge is -2.44. The van der Waals surface area contributed by atoms with Crippen LogP contribution < -0.4 is 4.31 Å². The average molecular weight is 372 g/mol. The third-order valence-corrected chi connectivity index (χ3v) is 8.06. The highest BCUT2D eigenvalue weighted by molar-refractivity contribution is 8.26. The Morgan fingerprint density at radius 2 is 2.04 bits per heavy atom. The summed E-state index contributed by atoms with van der Waals surface area (Å²) in [5.74, 6) is -0.425. The maximum Gasteiger partial charge on any atom is 0.417 e. The van der Waals surface area contributed by atoms with E-state index in [1.54, 1.807) is 0 Å². The Bertz CT molecular complexity index is 805. The Morgan fingerprint density at radius 1 is 1.32 bits per heavy atom. The average Bonchev–Trinajstić information content (AvgIpc) is 3.15. The molecule has 1 saturated heterocycles. The van der Waals surface area contributed by atoms with Gasteiger partial charge in [-0.05, 0) is 30.5 Å². The van der Waals surface area contributed by atoms with Crippen LogP contribution in [0.2, 0.25) is 0 Å². The molecule has 2 bridgehead atoms. The van der Waals surface area contributed by atoms with Gasteiger partial charge in [-0.1, -0.05) is 0 Å². The van der Waals surface area contributed by atoms with Gasteiger partial charge in [-0.25, -0.2) is 0 Å². The first-order valence-electron chi connectivity index (χ1n) is 7.83. The zero-order chi connectivity index (χ0) is 18.1. The lowest BCUT2D eigenvalue weighted by Crippen LogP contribution is -2.33. The number of benzene rings is 1. The van der Waals surface area contributed by atoms with E-state index in [0.717, 1.165) is 12.1 Å². The third-order valence-electron chi connectivity index (χ3n) is 5.64. The second-order valence-corrected chi connectivity index (χ2v) is 8.97. The van der Waals surface area contributed by atoms with Gasteiger partial charge in [0, 0.05) is 24.8 Å². The molecule has 4 rings (SSSR count). The van der Waals surface area contributed by atoms with Crippen molar-refractivity contribution in [3.8, 4) is 6.07 Å². The summed E-state index contributed by atoms with van der Waals surface area (Å²) >= 11 is 0. The van der Waals surface area contributed by atoms with E-state index in [2.05, 4.69) is 0 Å². The fraction of sp³-hybridized carbons (Fsp3) is 0.500. The van der Waals surface area contributed by atoms with E-state index in [4.69, 9.17) is 5.26 Å². The van der Waals surface area contributed by atoms with Crippen molar-refractivity contribution in [2.45, 2.75) is 24.3 Å². The van der Waals surface area contributed by atoms with Crippen LogP contribution in [0.5, 0.6) is 0 Å². The maximum absolute atomic E-state index is 13.2. The first-order valence-corrected chi connectivity index (χ1v) is 9.40. The van der Waals surface area contributed by atoms with Crippen LogP contribution in [0.3, 0.4) is 0 Å².